The molecule has 0 saturated carbocycles. The van der Waals surface area contributed by atoms with Gasteiger partial charge in [-0.3, -0.25) is 9.52 Å². The number of carbonyl (C=O) groups excluding carboxylic acids is 1. The van der Waals surface area contributed by atoms with Gasteiger partial charge in [-0.15, -0.1) is 0 Å². The summed E-state index contributed by atoms with van der Waals surface area (Å²) < 4.78 is 56.8. The first-order valence-electron chi connectivity index (χ1n) is 10.5. The quantitative estimate of drug-likeness (QED) is 0.426. The van der Waals surface area contributed by atoms with Gasteiger partial charge in [-0.25, -0.2) is 16.8 Å². The second-order valence-electron chi connectivity index (χ2n) is 7.74. The van der Waals surface area contributed by atoms with Crippen molar-refractivity contribution < 1.29 is 26.4 Å². The molecule has 0 spiro atoms. The van der Waals surface area contributed by atoms with E-state index in [4.69, 9.17) is 4.74 Å². The summed E-state index contributed by atoms with van der Waals surface area (Å²) in [4.78, 5) is 12.7. The van der Waals surface area contributed by atoms with E-state index < -0.39 is 25.8 Å². The highest BCUT2D eigenvalue weighted by Crippen LogP contribution is 2.26. The van der Waals surface area contributed by atoms with Crippen LogP contribution in [0.4, 0.5) is 5.69 Å². The number of nitrogens with one attached hydrogen (secondary N) is 2. The van der Waals surface area contributed by atoms with Gasteiger partial charge in [0.25, 0.3) is 15.9 Å². The summed E-state index contributed by atoms with van der Waals surface area (Å²) in [5.41, 5.74) is 1.96. The molecular formula is C25H26N2O6S2. The van der Waals surface area contributed by atoms with Crippen LogP contribution in [0.15, 0.2) is 89.2 Å². The van der Waals surface area contributed by atoms with Gasteiger partial charge in [0.1, 0.15) is 5.75 Å². The van der Waals surface area contributed by atoms with Crippen molar-refractivity contribution in [1.29, 1.82) is 0 Å². The standard InChI is InChI=1S/C25H26N2O6S2/c1-18(19-7-5-4-6-8-19)15-16-26-25(28)23-14-9-20(33-2)17-24(23)27-35(31,32)22-12-10-21(11-13-22)34(3,29)30/h4-14,17,27H,1,15-16H2,2-3H3,(H,26,28). The molecule has 0 aliphatic rings. The number of rotatable bonds is 10. The van der Waals surface area contributed by atoms with Gasteiger partial charge >= 0.3 is 0 Å². The Kier molecular flexibility index (Phi) is 7.98. The van der Waals surface area contributed by atoms with Crippen LogP contribution in [0.25, 0.3) is 5.57 Å². The number of benzene rings is 3. The highest BCUT2D eigenvalue weighted by Gasteiger charge is 2.20. The number of anilines is 1. The van der Waals surface area contributed by atoms with Gasteiger partial charge < -0.3 is 10.1 Å². The molecule has 35 heavy (non-hydrogen) atoms. The molecule has 0 aliphatic heterocycles. The molecule has 3 aromatic carbocycles. The molecular weight excluding hydrogens is 488 g/mol. The van der Waals surface area contributed by atoms with Crippen molar-refractivity contribution in [2.45, 2.75) is 16.2 Å². The fourth-order valence-electron chi connectivity index (χ4n) is 3.24. The van der Waals surface area contributed by atoms with Crippen molar-refractivity contribution in [3.05, 3.63) is 90.5 Å². The van der Waals surface area contributed by atoms with E-state index in [1.54, 1.807) is 6.07 Å². The molecule has 0 heterocycles. The summed E-state index contributed by atoms with van der Waals surface area (Å²) >= 11 is 0. The van der Waals surface area contributed by atoms with Crippen LogP contribution in [0.3, 0.4) is 0 Å². The fraction of sp³-hybridized carbons (Fsp3) is 0.160. The van der Waals surface area contributed by atoms with E-state index in [-0.39, 0.29) is 21.0 Å². The van der Waals surface area contributed by atoms with Crippen molar-refractivity contribution in [1.82, 2.24) is 5.32 Å². The van der Waals surface area contributed by atoms with Crippen LogP contribution in [0.5, 0.6) is 5.75 Å². The van der Waals surface area contributed by atoms with Gasteiger partial charge in [-0.2, -0.15) is 0 Å². The molecule has 1 amide bonds. The van der Waals surface area contributed by atoms with E-state index in [1.807, 2.05) is 30.3 Å². The molecule has 184 valence electrons. The zero-order chi connectivity index (χ0) is 25.6. The molecule has 2 N–H and O–H groups in total. The number of hydrogen-bond donors (Lipinski definition) is 2. The predicted molar refractivity (Wildman–Crippen MR) is 136 cm³/mol. The minimum absolute atomic E-state index is 0.00464. The zero-order valence-corrected chi connectivity index (χ0v) is 20.9. The molecule has 0 saturated heterocycles. The summed E-state index contributed by atoms with van der Waals surface area (Å²) in [6.07, 6.45) is 1.55. The SMILES string of the molecule is C=C(CCNC(=O)c1ccc(OC)cc1NS(=O)(=O)c1ccc(S(C)(=O)=O)cc1)c1ccccc1. The van der Waals surface area contributed by atoms with Crippen LogP contribution in [-0.4, -0.2) is 42.7 Å². The lowest BCUT2D eigenvalue weighted by atomic mass is 10.0. The van der Waals surface area contributed by atoms with Gasteiger partial charge in [-0.1, -0.05) is 36.9 Å². The maximum Gasteiger partial charge on any atom is 0.261 e. The Labute approximate surface area is 205 Å². The van der Waals surface area contributed by atoms with Gasteiger partial charge in [-0.05, 0) is 54.0 Å². The first-order valence-corrected chi connectivity index (χ1v) is 13.9. The van der Waals surface area contributed by atoms with E-state index in [2.05, 4.69) is 16.6 Å². The third kappa shape index (κ3) is 6.71. The maximum absolute atomic E-state index is 13.0. The smallest absolute Gasteiger partial charge is 0.261 e. The number of ether oxygens (including phenoxy) is 1. The molecule has 8 nitrogen and oxygen atoms in total. The van der Waals surface area contributed by atoms with Gasteiger partial charge in [0.15, 0.2) is 9.84 Å². The molecule has 3 rings (SSSR count). The average molecular weight is 515 g/mol. The van der Waals surface area contributed by atoms with Crippen LogP contribution in [-0.2, 0) is 19.9 Å². The van der Waals surface area contributed by atoms with Crippen molar-refractivity contribution in [2.24, 2.45) is 0 Å². The predicted octanol–water partition coefficient (Wildman–Crippen LogP) is 3.73. The Morgan fingerprint density at radius 3 is 2.14 bits per heavy atom. The van der Waals surface area contributed by atoms with Crippen LogP contribution in [0.1, 0.15) is 22.3 Å². The number of methoxy groups -OCH3 is 1. The number of hydrogen-bond acceptors (Lipinski definition) is 6. The monoisotopic (exact) mass is 514 g/mol. The fourth-order valence-corrected chi connectivity index (χ4v) is 4.94. The van der Waals surface area contributed by atoms with Gasteiger partial charge in [0.05, 0.1) is 28.2 Å². The lowest BCUT2D eigenvalue weighted by Gasteiger charge is -2.15. The topological polar surface area (TPSA) is 119 Å². The molecule has 0 unspecified atom stereocenters. The molecule has 0 fully saturated rings. The summed E-state index contributed by atoms with van der Waals surface area (Å²) in [6.45, 7) is 4.34. The van der Waals surface area contributed by atoms with E-state index in [9.17, 15) is 21.6 Å². The summed E-state index contributed by atoms with van der Waals surface area (Å²) in [6, 6.07) is 18.8. The largest absolute Gasteiger partial charge is 0.497 e. The Morgan fingerprint density at radius 1 is 0.914 bits per heavy atom. The minimum atomic E-state index is -4.12. The van der Waals surface area contributed by atoms with Crippen LogP contribution in [0, 0.1) is 0 Å². The molecule has 3 aromatic rings. The molecule has 0 aromatic heterocycles. The third-order valence-electron chi connectivity index (χ3n) is 5.17. The van der Waals surface area contributed by atoms with E-state index in [0.717, 1.165) is 17.4 Å². The maximum atomic E-state index is 13.0. The van der Waals surface area contributed by atoms with Gasteiger partial charge in [0, 0.05) is 18.9 Å². The first-order chi connectivity index (χ1) is 16.5. The Hall–Kier alpha value is -3.63. The zero-order valence-electron chi connectivity index (χ0n) is 19.3. The lowest BCUT2D eigenvalue weighted by molar-refractivity contribution is 0.0955. The lowest BCUT2D eigenvalue weighted by Crippen LogP contribution is -2.26. The molecule has 0 aliphatic carbocycles. The Morgan fingerprint density at radius 2 is 1.54 bits per heavy atom. The van der Waals surface area contributed by atoms with E-state index in [1.165, 1.54) is 43.5 Å². The Bertz CT molecular complexity index is 1430. The Balaban J connectivity index is 1.78. The normalized spacial score (nSPS) is 11.5. The van der Waals surface area contributed by atoms with E-state index in [0.29, 0.717) is 18.7 Å². The van der Waals surface area contributed by atoms with Crippen molar-refractivity contribution in [3.8, 4) is 5.75 Å². The molecule has 0 atom stereocenters. The molecule has 0 radical (unpaired) electrons. The molecule has 0 bridgehead atoms. The summed E-state index contributed by atoms with van der Waals surface area (Å²) in [5, 5.41) is 2.79. The summed E-state index contributed by atoms with van der Waals surface area (Å²) in [7, 11) is -6.17. The van der Waals surface area contributed by atoms with Crippen LogP contribution >= 0.6 is 0 Å². The number of amides is 1. The van der Waals surface area contributed by atoms with Crippen molar-refractivity contribution in [2.75, 3.05) is 24.6 Å². The summed E-state index contributed by atoms with van der Waals surface area (Å²) in [5.74, 6) is -0.122. The first kappa shape index (κ1) is 26.0. The second-order valence-corrected chi connectivity index (χ2v) is 11.4. The van der Waals surface area contributed by atoms with Crippen LogP contribution in [0.2, 0.25) is 0 Å². The number of sulfone groups is 1. The van der Waals surface area contributed by atoms with E-state index >= 15 is 0 Å². The van der Waals surface area contributed by atoms with Crippen LogP contribution < -0.4 is 14.8 Å². The van der Waals surface area contributed by atoms with Crippen molar-refractivity contribution in [3.63, 3.8) is 0 Å². The minimum Gasteiger partial charge on any atom is -0.497 e. The number of sulfonamides is 1. The number of carbonyl (C=O) groups is 1. The second kappa shape index (κ2) is 10.7. The van der Waals surface area contributed by atoms with Crippen molar-refractivity contribution >= 4 is 37.0 Å². The average Bonchev–Trinajstić information content (AvgIpc) is 2.83. The third-order valence-corrected chi connectivity index (χ3v) is 7.68. The molecule has 10 heteroatoms. The highest BCUT2D eigenvalue weighted by atomic mass is 32.2. The highest BCUT2D eigenvalue weighted by molar-refractivity contribution is 7.92. The van der Waals surface area contributed by atoms with Gasteiger partial charge in [0.2, 0.25) is 0 Å².